The largest absolute Gasteiger partial charge is 0.326 e. The molecule has 1 heterocycles. The molecule has 6 heteroatoms. The molecule has 0 bridgehead atoms. The molecular weight excluding hydrogens is 250 g/mol. The monoisotopic (exact) mass is 263 g/mol. The Morgan fingerprint density at radius 1 is 1.11 bits per heavy atom. The van der Waals surface area contributed by atoms with E-state index in [2.05, 4.69) is 9.71 Å². The van der Waals surface area contributed by atoms with Crippen molar-refractivity contribution in [1.29, 1.82) is 0 Å². The summed E-state index contributed by atoms with van der Waals surface area (Å²) in [5.41, 5.74) is 6.10. The van der Waals surface area contributed by atoms with Crippen LogP contribution in [0.1, 0.15) is 5.56 Å². The van der Waals surface area contributed by atoms with Gasteiger partial charge in [0.1, 0.15) is 5.82 Å². The van der Waals surface area contributed by atoms with Crippen molar-refractivity contribution in [3.63, 3.8) is 0 Å². The zero-order valence-electron chi connectivity index (χ0n) is 9.58. The van der Waals surface area contributed by atoms with Crippen LogP contribution in [-0.4, -0.2) is 13.4 Å². The number of hydrogen-bond acceptors (Lipinski definition) is 4. The molecule has 1 aromatic heterocycles. The van der Waals surface area contributed by atoms with Gasteiger partial charge in [-0.15, -0.1) is 0 Å². The van der Waals surface area contributed by atoms with Crippen LogP contribution in [0.15, 0.2) is 53.6 Å². The lowest BCUT2D eigenvalue weighted by Crippen LogP contribution is -2.16. The molecule has 1 aromatic carbocycles. The van der Waals surface area contributed by atoms with Crippen molar-refractivity contribution in [2.24, 2.45) is 5.73 Å². The van der Waals surface area contributed by atoms with E-state index in [9.17, 15) is 8.42 Å². The van der Waals surface area contributed by atoms with Crippen molar-refractivity contribution >= 4 is 15.8 Å². The Hall–Kier alpha value is -1.92. The van der Waals surface area contributed by atoms with Gasteiger partial charge in [0.15, 0.2) is 0 Å². The van der Waals surface area contributed by atoms with Gasteiger partial charge >= 0.3 is 0 Å². The van der Waals surface area contributed by atoms with Crippen molar-refractivity contribution < 1.29 is 8.42 Å². The van der Waals surface area contributed by atoms with Crippen LogP contribution in [0.2, 0.25) is 0 Å². The van der Waals surface area contributed by atoms with Gasteiger partial charge in [0.2, 0.25) is 0 Å². The summed E-state index contributed by atoms with van der Waals surface area (Å²) < 4.78 is 26.8. The lowest BCUT2D eigenvalue weighted by atomic mass is 10.2. The molecule has 0 aliphatic heterocycles. The van der Waals surface area contributed by atoms with Gasteiger partial charge in [-0.3, -0.25) is 4.72 Å². The number of hydrogen-bond donors (Lipinski definition) is 2. The van der Waals surface area contributed by atoms with Crippen LogP contribution in [0.4, 0.5) is 5.82 Å². The highest BCUT2D eigenvalue weighted by Gasteiger charge is 2.17. The van der Waals surface area contributed by atoms with Gasteiger partial charge in [0, 0.05) is 12.7 Å². The van der Waals surface area contributed by atoms with E-state index < -0.39 is 10.0 Å². The average Bonchev–Trinajstić information content (AvgIpc) is 2.39. The molecule has 0 saturated carbocycles. The second kappa shape index (κ2) is 5.16. The Bertz CT molecular complexity index is 627. The van der Waals surface area contributed by atoms with E-state index in [-0.39, 0.29) is 17.3 Å². The number of nitrogens with two attached hydrogens (primary N) is 1. The van der Waals surface area contributed by atoms with E-state index in [4.69, 9.17) is 5.73 Å². The third-order valence-corrected chi connectivity index (χ3v) is 3.84. The Balaban J connectivity index is 2.37. The maximum absolute atomic E-state index is 12.2. The molecule has 94 valence electrons. The normalized spacial score (nSPS) is 11.2. The molecule has 0 unspecified atom stereocenters. The second-order valence-electron chi connectivity index (χ2n) is 3.63. The lowest BCUT2D eigenvalue weighted by molar-refractivity contribution is 0.600. The molecule has 0 aliphatic carbocycles. The van der Waals surface area contributed by atoms with Crippen molar-refractivity contribution in [3.8, 4) is 0 Å². The molecule has 0 atom stereocenters. The molecule has 0 radical (unpaired) electrons. The fourth-order valence-corrected chi connectivity index (χ4v) is 2.81. The third-order valence-electron chi connectivity index (χ3n) is 2.39. The molecule has 0 fully saturated rings. The number of sulfonamides is 1. The van der Waals surface area contributed by atoms with Crippen LogP contribution < -0.4 is 10.5 Å². The minimum absolute atomic E-state index is 0.166. The van der Waals surface area contributed by atoms with Crippen molar-refractivity contribution in [1.82, 2.24) is 4.98 Å². The first-order chi connectivity index (χ1) is 8.63. The van der Waals surface area contributed by atoms with E-state index in [0.29, 0.717) is 5.56 Å². The molecule has 0 saturated heterocycles. The summed E-state index contributed by atoms with van der Waals surface area (Å²) in [6, 6.07) is 11.6. The van der Waals surface area contributed by atoms with Crippen LogP contribution in [0.25, 0.3) is 0 Å². The predicted molar refractivity (Wildman–Crippen MR) is 69.4 cm³/mol. The van der Waals surface area contributed by atoms with E-state index in [1.807, 2.05) is 0 Å². The predicted octanol–water partition coefficient (Wildman–Crippen LogP) is 1.34. The molecule has 3 N–H and O–H groups in total. The van der Waals surface area contributed by atoms with Gasteiger partial charge in [-0.2, -0.15) is 0 Å². The Morgan fingerprint density at radius 3 is 2.50 bits per heavy atom. The summed E-state index contributed by atoms with van der Waals surface area (Å²) in [6.07, 6.45) is 1.52. The first-order valence-corrected chi connectivity index (χ1v) is 6.83. The lowest BCUT2D eigenvalue weighted by Gasteiger charge is -2.10. The Morgan fingerprint density at radius 2 is 1.83 bits per heavy atom. The van der Waals surface area contributed by atoms with Crippen molar-refractivity contribution in [3.05, 3.63) is 54.2 Å². The summed E-state index contributed by atoms with van der Waals surface area (Å²) >= 11 is 0. The fraction of sp³-hybridized carbons (Fsp3) is 0.0833. The minimum atomic E-state index is -3.65. The number of benzene rings is 1. The smallest absolute Gasteiger partial charge is 0.263 e. The minimum Gasteiger partial charge on any atom is -0.326 e. The summed E-state index contributed by atoms with van der Waals surface area (Å²) in [5, 5.41) is 0. The molecule has 2 rings (SSSR count). The molecule has 5 nitrogen and oxygen atoms in total. The quantitative estimate of drug-likeness (QED) is 0.871. The number of aromatic nitrogens is 1. The van der Waals surface area contributed by atoms with E-state index in [0.717, 1.165) is 0 Å². The standard InChI is InChI=1S/C12H13N3O2S/c13-9-10-5-1-2-6-11(10)18(16,17)15-12-7-3-4-8-14-12/h1-8H,9,13H2,(H,14,15). The van der Waals surface area contributed by atoms with Crippen molar-refractivity contribution in [2.75, 3.05) is 4.72 Å². The van der Waals surface area contributed by atoms with Gasteiger partial charge in [-0.25, -0.2) is 13.4 Å². The van der Waals surface area contributed by atoms with E-state index in [1.165, 1.54) is 12.3 Å². The van der Waals surface area contributed by atoms with Gasteiger partial charge in [-0.05, 0) is 23.8 Å². The van der Waals surface area contributed by atoms with Crippen LogP contribution in [0, 0.1) is 0 Å². The van der Waals surface area contributed by atoms with E-state index in [1.54, 1.807) is 36.4 Å². The number of nitrogens with one attached hydrogen (secondary N) is 1. The third kappa shape index (κ3) is 2.66. The maximum atomic E-state index is 12.2. The Labute approximate surface area is 106 Å². The molecule has 18 heavy (non-hydrogen) atoms. The molecule has 0 amide bonds. The zero-order valence-corrected chi connectivity index (χ0v) is 10.4. The first-order valence-electron chi connectivity index (χ1n) is 5.35. The molecule has 2 aromatic rings. The number of pyridine rings is 1. The summed E-state index contributed by atoms with van der Waals surface area (Å²) in [5.74, 6) is 0.282. The number of anilines is 1. The first kappa shape index (κ1) is 12.5. The van der Waals surface area contributed by atoms with Crippen molar-refractivity contribution in [2.45, 2.75) is 11.4 Å². The maximum Gasteiger partial charge on any atom is 0.263 e. The van der Waals surface area contributed by atoms with Gasteiger partial charge in [-0.1, -0.05) is 24.3 Å². The molecule has 0 spiro atoms. The van der Waals surface area contributed by atoms with Gasteiger partial charge in [0.25, 0.3) is 10.0 Å². The van der Waals surface area contributed by atoms with Gasteiger partial charge in [0.05, 0.1) is 4.90 Å². The summed E-state index contributed by atoms with van der Waals surface area (Å²) in [6.45, 7) is 0.166. The fourth-order valence-electron chi connectivity index (χ4n) is 1.55. The zero-order chi connectivity index (χ0) is 13.0. The van der Waals surface area contributed by atoms with Gasteiger partial charge < -0.3 is 5.73 Å². The highest BCUT2D eigenvalue weighted by atomic mass is 32.2. The molecular formula is C12H13N3O2S. The van der Waals surface area contributed by atoms with E-state index >= 15 is 0 Å². The molecule has 0 aliphatic rings. The average molecular weight is 263 g/mol. The van der Waals surface area contributed by atoms with Crippen LogP contribution in [0.5, 0.6) is 0 Å². The summed E-state index contributed by atoms with van der Waals surface area (Å²) in [7, 11) is -3.65. The Kier molecular flexibility index (Phi) is 3.59. The number of nitrogens with zero attached hydrogens (tertiary/aromatic N) is 1. The highest BCUT2D eigenvalue weighted by molar-refractivity contribution is 7.92. The van der Waals surface area contributed by atoms with Crippen LogP contribution in [-0.2, 0) is 16.6 Å². The van der Waals surface area contributed by atoms with Crippen LogP contribution in [0.3, 0.4) is 0 Å². The highest BCUT2D eigenvalue weighted by Crippen LogP contribution is 2.17. The SMILES string of the molecule is NCc1ccccc1S(=O)(=O)Nc1ccccn1. The topological polar surface area (TPSA) is 85.1 Å². The summed E-state index contributed by atoms with van der Waals surface area (Å²) in [4.78, 5) is 4.10. The second-order valence-corrected chi connectivity index (χ2v) is 5.28. The number of rotatable bonds is 4. The van der Waals surface area contributed by atoms with Crippen LogP contribution >= 0.6 is 0 Å².